The lowest BCUT2D eigenvalue weighted by Gasteiger charge is -2.21. The topological polar surface area (TPSA) is 44.2 Å². The molecule has 1 saturated heterocycles. The molecule has 0 N–H and O–H groups in total. The Bertz CT molecular complexity index is 586. The lowest BCUT2D eigenvalue weighted by molar-refractivity contribution is 0.0490. The molecule has 110 valence electrons. The highest BCUT2D eigenvalue weighted by atomic mass is 35.5. The van der Waals surface area contributed by atoms with Gasteiger partial charge in [-0.15, -0.1) is 0 Å². The summed E-state index contributed by atoms with van der Waals surface area (Å²) in [5, 5.41) is 0.394. The van der Waals surface area contributed by atoms with E-state index in [1.165, 1.54) is 0 Å². The molecule has 0 aliphatic carbocycles. The summed E-state index contributed by atoms with van der Waals surface area (Å²) in [4.78, 5) is 8.69. The standard InChI is InChI=1S/C16H17ClN2O2/c17-14-10-15(21-11-12-6-8-20-9-7-12)19-16(18-14)13-4-2-1-3-5-13/h1-5,10,12H,6-9,11H2. The maximum absolute atomic E-state index is 6.07. The number of halogens is 1. The molecular formula is C16H17ClN2O2. The molecule has 2 aromatic rings. The SMILES string of the molecule is Clc1cc(OCC2CCOCC2)nc(-c2ccccc2)n1. The number of hydrogen-bond acceptors (Lipinski definition) is 4. The van der Waals surface area contributed by atoms with Crippen LogP contribution in [0.15, 0.2) is 36.4 Å². The van der Waals surface area contributed by atoms with Crippen molar-refractivity contribution in [1.82, 2.24) is 9.97 Å². The molecule has 0 radical (unpaired) electrons. The Morgan fingerprint density at radius 2 is 1.90 bits per heavy atom. The second-order valence-corrected chi connectivity index (χ2v) is 5.47. The molecule has 4 nitrogen and oxygen atoms in total. The van der Waals surface area contributed by atoms with E-state index in [0.29, 0.717) is 29.4 Å². The Labute approximate surface area is 129 Å². The summed E-state index contributed by atoms with van der Waals surface area (Å²) in [5.41, 5.74) is 0.927. The van der Waals surface area contributed by atoms with E-state index in [1.807, 2.05) is 30.3 Å². The molecule has 1 aromatic carbocycles. The predicted octanol–water partition coefficient (Wildman–Crippen LogP) is 3.60. The Kier molecular flexibility index (Phi) is 4.68. The van der Waals surface area contributed by atoms with Gasteiger partial charge in [-0.25, -0.2) is 4.98 Å². The van der Waals surface area contributed by atoms with Gasteiger partial charge in [0.25, 0.3) is 0 Å². The van der Waals surface area contributed by atoms with Crippen molar-refractivity contribution in [1.29, 1.82) is 0 Å². The van der Waals surface area contributed by atoms with Crippen LogP contribution in [-0.2, 0) is 4.74 Å². The summed E-state index contributed by atoms with van der Waals surface area (Å²) in [6, 6.07) is 11.4. The molecule has 21 heavy (non-hydrogen) atoms. The van der Waals surface area contributed by atoms with Gasteiger partial charge in [-0.1, -0.05) is 41.9 Å². The van der Waals surface area contributed by atoms with Crippen molar-refractivity contribution >= 4 is 11.6 Å². The summed E-state index contributed by atoms with van der Waals surface area (Å²) in [5.74, 6) is 1.64. The molecule has 0 saturated carbocycles. The first-order valence-corrected chi connectivity index (χ1v) is 7.49. The number of aromatic nitrogens is 2. The van der Waals surface area contributed by atoms with Crippen LogP contribution in [0.5, 0.6) is 5.88 Å². The highest BCUT2D eigenvalue weighted by Crippen LogP contribution is 2.22. The summed E-state index contributed by atoms with van der Waals surface area (Å²) in [6.45, 7) is 2.27. The summed E-state index contributed by atoms with van der Waals surface area (Å²) in [7, 11) is 0. The molecule has 0 unspecified atom stereocenters. The fourth-order valence-corrected chi connectivity index (χ4v) is 2.48. The minimum atomic E-state index is 0.394. The molecule has 5 heteroatoms. The molecule has 0 spiro atoms. The second-order valence-electron chi connectivity index (χ2n) is 5.09. The monoisotopic (exact) mass is 304 g/mol. The van der Waals surface area contributed by atoms with Crippen molar-refractivity contribution in [2.75, 3.05) is 19.8 Å². The van der Waals surface area contributed by atoms with E-state index in [9.17, 15) is 0 Å². The van der Waals surface area contributed by atoms with Gasteiger partial charge in [0.2, 0.25) is 5.88 Å². The first kappa shape index (κ1) is 14.3. The zero-order chi connectivity index (χ0) is 14.5. The van der Waals surface area contributed by atoms with E-state index in [1.54, 1.807) is 6.07 Å². The van der Waals surface area contributed by atoms with Crippen molar-refractivity contribution in [3.63, 3.8) is 0 Å². The minimum Gasteiger partial charge on any atom is -0.477 e. The van der Waals surface area contributed by atoms with Gasteiger partial charge in [0.05, 0.1) is 6.61 Å². The van der Waals surface area contributed by atoms with Crippen LogP contribution in [0, 0.1) is 5.92 Å². The van der Waals surface area contributed by atoms with Crippen LogP contribution in [0.4, 0.5) is 0 Å². The molecule has 3 rings (SSSR count). The predicted molar refractivity (Wildman–Crippen MR) is 81.5 cm³/mol. The van der Waals surface area contributed by atoms with Crippen LogP contribution >= 0.6 is 11.6 Å². The van der Waals surface area contributed by atoms with E-state index >= 15 is 0 Å². The first-order valence-electron chi connectivity index (χ1n) is 7.12. The third-order valence-electron chi connectivity index (χ3n) is 3.51. The number of benzene rings is 1. The largest absolute Gasteiger partial charge is 0.477 e. The van der Waals surface area contributed by atoms with Crippen molar-refractivity contribution < 1.29 is 9.47 Å². The van der Waals surface area contributed by atoms with Gasteiger partial charge in [-0.2, -0.15) is 4.98 Å². The van der Waals surface area contributed by atoms with E-state index in [-0.39, 0.29) is 0 Å². The van der Waals surface area contributed by atoms with Gasteiger partial charge >= 0.3 is 0 Å². The summed E-state index contributed by atoms with van der Waals surface area (Å²) < 4.78 is 11.1. The lowest BCUT2D eigenvalue weighted by atomic mass is 10.0. The van der Waals surface area contributed by atoms with Crippen LogP contribution in [0.2, 0.25) is 5.15 Å². The fraction of sp³-hybridized carbons (Fsp3) is 0.375. The average molecular weight is 305 g/mol. The van der Waals surface area contributed by atoms with Gasteiger partial charge in [-0.3, -0.25) is 0 Å². The number of hydrogen-bond donors (Lipinski definition) is 0. The van der Waals surface area contributed by atoms with Gasteiger partial charge < -0.3 is 9.47 Å². The quantitative estimate of drug-likeness (QED) is 0.810. The highest BCUT2D eigenvalue weighted by Gasteiger charge is 2.15. The molecule has 0 amide bonds. The molecular weight excluding hydrogens is 288 g/mol. The van der Waals surface area contributed by atoms with E-state index in [0.717, 1.165) is 31.6 Å². The summed E-state index contributed by atoms with van der Waals surface area (Å²) in [6.07, 6.45) is 2.06. The first-order chi connectivity index (χ1) is 10.3. The van der Waals surface area contributed by atoms with Gasteiger partial charge in [0.1, 0.15) is 5.15 Å². The summed E-state index contributed by atoms with van der Waals surface area (Å²) >= 11 is 6.07. The van der Waals surface area contributed by atoms with Crippen molar-refractivity contribution in [2.24, 2.45) is 5.92 Å². The molecule has 0 atom stereocenters. The third kappa shape index (κ3) is 3.93. The Morgan fingerprint density at radius 3 is 2.67 bits per heavy atom. The smallest absolute Gasteiger partial charge is 0.218 e. The Balaban J connectivity index is 1.72. The molecule has 1 fully saturated rings. The number of nitrogens with zero attached hydrogens (tertiary/aromatic N) is 2. The zero-order valence-electron chi connectivity index (χ0n) is 11.7. The van der Waals surface area contributed by atoms with E-state index in [4.69, 9.17) is 21.1 Å². The van der Waals surface area contributed by atoms with E-state index < -0.39 is 0 Å². The Morgan fingerprint density at radius 1 is 1.14 bits per heavy atom. The second kappa shape index (κ2) is 6.87. The Hall–Kier alpha value is -1.65. The van der Waals surface area contributed by atoms with Gasteiger partial charge in [-0.05, 0) is 18.8 Å². The van der Waals surface area contributed by atoms with Crippen LogP contribution in [0.1, 0.15) is 12.8 Å². The van der Waals surface area contributed by atoms with Crippen molar-refractivity contribution in [2.45, 2.75) is 12.8 Å². The maximum Gasteiger partial charge on any atom is 0.218 e. The minimum absolute atomic E-state index is 0.394. The highest BCUT2D eigenvalue weighted by molar-refractivity contribution is 6.29. The molecule has 2 heterocycles. The van der Waals surface area contributed by atoms with Crippen LogP contribution in [0.3, 0.4) is 0 Å². The normalized spacial score (nSPS) is 15.9. The van der Waals surface area contributed by atoms with Gasteiger partial charge in [0.15, 0.2) is 5.82 Å². The van der Waals surface area contributed by atoms with Gasteiger partial charge in [0, 0.05) is 24.8 Å². The molecule has 0 bridgehead atoms. The molecule has 1 aliphatic rings. The molecule has 1 aliphatic heterocycles. The van der Waals surface area contributed by atoms with Crippen molar-refractivity contribution in [3.8, 4) is 17.3 Å². The fourth-order valence-electron chi connectivity index (χ4n) is 2.30. The number of rotatable bonds is 4. The third-order valence-corrected chi connectivity index (χ3v) is 3.70. The average Bonchev–Trinajstić information content (AvgIpc) is 2.54. The molecule has 1 aromatic heterocycles. The lowest BCUT2D eigenvalue weighted by Crippen LogP contribution is -2.21. The number of ether oxygens (including phenoxy) is 2. The van der Waals surface area contributed by atoms with E-state index in [2.05, 4.69) is 9.97 Å². The van der Waals surface area contributed by atoms with Crippen LogP contribution in [-0.4, -0.2) is 29.8 Å². The zero-order valence-corrected chi connectivity index (χ0v) is 12.4. The van der Waals surface area contributed by atoms with Crippen LogP contribution in [0.25, 0.3) is 11.4 Å². The maximum atomic E-state index is 6.07. The van der Waals surface area contributed by atoms with Crippen LogP contribution < -0.4 is 4.74 Å². The van der Waals surface area contributed by atoms with Crippen molar-refractivity contribution in [3.05, 3.63) is 41.6 Å².